The Kier molecular flexibility index (Phi) is 6.63. The minimum atomic E-state index is -0.872. The summed E-state index contributed by atoms with van der Waals surface area (Å²) in [6, 6.07) is 21.4. The number of rotatable bonds is 7. The molecule has 3 unspecified atom stereocenters. The maximum absolute atomic E-state index is 14.4. The van der Waals surface area contributed by atoms with Crippen LogP contribution in [0.15, 0.2) is 72.8 Å². The molecular weight excluding hydrogens is 512 g/mol. The van der Waals surface area contributed by atoms with Gasteiger partial charge in [0.1, 0.15) is 6.04 Å². The molecule has 39 heavy (non-hydrogen) atoms. The Labute approximate surface area is 231 Å². The molecule has 2 N–H and O–H groups in total. The largest absolute Gasteiger partial charge is 0.466 e. The molecule has 202 valence electrons. The van der Waals surface area contributed by atoms with E-state index in [-0.39, 0.29) is 42.2 Å². The third-order valence-corrected chi connectivity index (χ3v) is 10.8. The molecule has 8 heteroatoms. The molecule has 7 atom stereocenters. The van der Waals surface area contributed by atoms with Crippen molar-refractivity contribution in [1.82, 2.24) is 4.90 Å². The first-order valence-corrected chi connectivity index (χ1v) is 14.4. The minimum Gasteiger partial charge on any atom is -0.466 e. The van der Waals surface area contributed by atoms with E-state index in [2.05, 4.69) is 12.2 Å². The van der Waals surface area contributed by atoms with Crippen molar-refractivity contribution < 1.29 is 24.2 Å². The SMILES string of the molecule is CCOC(=O)[C@@H]1[C@H]2C(=O)N([C@H](CO)c3ccccc3)C(C(=O)Nc3ccc4ccccc4c3)C23S[C@@H]1CC3C. The van der Waals surface area contributed by atoms with Crippen molar-refractivity contribution in [2.75, 3.05) is 18.5 Å². The number of nitrogens with one attached hydrogen (secondary N) is 1. The number of thioether (sulfide) groups is 1. The van der Waals surface area contributed by atoms with Gasteiger partial charge in [-0.25, -0.2) is 0 Å². The zero-order chi connectivity index (χ0) is 27.3. The van der Waals surface area contributed by atoms with Crippen LogP contribution in [-0.2, 0) is 19.1 Å². The van der Waals surface area contributed by atoms with E-state index in [9.17, 15) is 19.5 Å². The van der Waals surface area contributed by atoms with Gasteiger partial charge in [-0.3, -0.25) is 14.4 Å². The van der Waals surface area contributed by atoms with Gasteiger partial charge in [0.25, 0.3) is 0 Å². The molecule has 0 aromatic heterocycles. The standard InChI is InChI=1S/C31H32N2O5S/c1-3-38-30(37)25-24-15-18(2)31(39-24)26(25)29(36)33(23(17-34)20-10-5-4-6-11-20)27(31)28(35)32-22-14-13-19-9-7-8-12-21(19)16-22/h4-14,16,18,23-27,34H,3,15,17H2,1-2H3,(H,32,35)/t18?,23-,24-,25+,26+,27?,31?/m1/s1. The van der Waals surface area contributed by atoms with E-state index >= 15 is 0 Å². The predicted octanol–water partition coefficient (Wildman–Crippen LogP) is 4.41. The number of benzene rings is 3. The summed E-state index contributed by atoms with van der Waals surface area (Å²) in [7, 11) is 0. The normalized spacial score (nSPS) is 29.9. The van der Waals surface area contributed by atoms with Gasteiger partial charge in [0.2, 0.25) is 11.8 Å². The van der Waals surface area contributed by atoms with E-state index < -0.39 is 28.7 Å². The summed E-state index contributed by atoms with van der Waals surface area (Å²) in [5.41, 5.74) is 1.38. The van der Waals surface area contributed by atoms with Crippen molar-refractivity contribution in [3.63, 3.8) is 0 Å². The number of nitrogens with zero attached hydrogens (tertiary/aromatic N) is 1. The number of likely N-dealkylation sites (tertiary alicyclic amines) is 1. The highest BCUT2D eigenvalue weighted by atomic mass is 32.2. The zero-order valence-corrected chi connectivity index (χ0v) is 22.8. The van der Waals surface area contributed by atoms with Crippen molar-refractivity contribution in [1.29, 1.82) is 0 Å². The van der Waals surface area contributed by atoms with Crippen LogP contribution in [0.25, 0.3) is 10.8 Å². The lowest BCUT2D eigenvalue weighted by molar-refractivity contribution is -0.154. The Morgan fingerprint density at radius 1 is 1.10 bits per heavy atom. The lowest BCUT2D eigenvalue weighted by Crippen LogP contribution is -2.55. The van der Waals surface area contributed by atoms with Gasteiger partial charge in [-0.15, -0.1) is 11.8 Å². The van der Waals surface area contributed by atoms with E-state index in [0.29, 0.717) is 5.69 Å². The summed E-state index contributed by atoms with van der Waals surface area (Å²) < 4.78 is 4.63. The van der Waals surface area contributed by atoms with E-state index in [1.54, 1.807) is 23.6 Å². The maximum Gasteiger partial charge on any atom is 0.310 e. The molecule has 0 radical (unpaired) electrons. The topological polar surface area (TPSA) is 95.9 Å². The van der Waals surface area contributed by atoms with Crippen LogP contribution < -0.4 is 5.32 Å². The summed E-state index contributed by atoms with van der Waals surface area (Å²) in [5, 5.41) is 15.7. The van der Waals surface area contributed by atoms with Crippen LogP contribution in [0.5, 0.6) is 0 Å². The molecule has 0 saturated carbocycles. The number of aliphatic hydroxyl groups excluding tert-OH is 1. The first-order chi connectivity index (χ1) is 18.9. The van der Waals surface area contributed by atoms with E-state index in [1.807, 2.05) is 72.8 Å². The third-order valence-electron chi connectivity index (χ3n) is 8.70. The zero-order valence-electron chi connectivity index (χ0n) is 21.9. The number of fused-ring (bicyclic) bond motifs is 2. The average Bonchev–Trinajstić information content (AvgIpc) is 3.54. The van der Waals surface area contributed by atoms with E-state index in [0.717, 1.165) is 22.8 Å². The first kappa shape index (κ1) is 25.9. The van der Waals surface area contributed by atoms with Crippen molar-refractivity contribution in [3.05, 3.63) is 78.4 Å². The van der Waals surface area contributed by atoms with Crippen LogP contribution >= 0.6 is 11.8 Å². The lowest BCUT2D eigenvalue weighted by atomic mass is 9.66. The molecular formula is C31H32N2O5S. The second-order valence-corrected chi connectivity index (χ2v) is 12.3. The second-order valence-electron chi connectivity index (χ2n) is 10.7. The monoisotopic (exact) mass is 544 g/mol. The Morgan fingerprint density at radius 3 is 2.54 bits per heavy atom. The van der Waals surface area contributed by atoms with Gasteiger partial charge < -0.3 is 20.1 Å². The van der Waals surface area contributed by atoms with Crippen LogP contribution in [0.4, 0.5) is 5.69 Å². The fourth-order valence-electron chi connectivity index (χ4n) is 7.11. The number of carbonyl (C=O) groups is 3. The Bertz CT molecular complexity index is 1430. The Balaban J connectivity index is 1.44. The summed E-state index contributed by atoms with van der Waals surface area (Å²) in [5.74, 6) is -2.25. The van der Waals surface area contributed by atoms with E-state index in [1.165, 1.54) is 0 Å². The molecule has 3 aliphatic heterocycles. The van der Waals surface area contributed by atoms with E-state index in [4.69, 9.17) is 4.74 Å². The second kappa shape index (κ2) is 9.99. The third kappa shape index (κ3) is 3.95. The number of aliphatic hydroxyl groups is 1. The number of ether oxygens (including phenoxy) is 1. The summed E-state index contributed by atoms with van der Waals surface area (Å²) >= 11 is 1.59. The minimum absolute atomic E-state index is 0.0135. The average molecular weight is 545 g/mol. The molecule has 1 spiro atoms. The molecule has 3 aromatic rings. The maximum atomic E-state index is 14.4. The molecule has 3 fully saturated rings. The Morgan fingerprint density at radius 2 is 1.82 bits per heavy atom. The molecule has 3 heterocycles. The number of amides is 2. The van der Waals surface area contributed by atoms with Crippen LogP contribution in [-0.4, -0.2) is 57.0 Å². The molecule has 7 nitrogen and oxygen atoms in total. The van der Waals surface area contributed by atoms with Gasteiger partial charge in [-0.05, 0) is 47.7 Å². The number of carbonyl (C=O) groups excluding carboxylic acids is 3. The fraction of sp³-hybridized carbons (Fsp3) is 0.387. The lowest BCUT2D eigenvalue weighted by Gasteiger charge is -2.40. The Hall–Kier alpha value is -3.36. The smallest absolute Gasteiger partial charge is 0.310 e. The van der Waals surface area contributed by atoms with Crippen molar-refractivity contribution in [2.45, 2.75) is 42.3 Å². The van der Waals surface area contributed by atoms with Gasteiger partial charge in [0, 0.05) is 10.9 Å². The first-order valence-electron chi connectivity index (χ1n) is 13.5. The van der Waals surface area contributed by atoms with Gasteiger partial charge >= 0.3 is 5.97 Å². The molecule has 3 aliphatic rings. The quantitative estimate of drug-likeness (QED) is 0.428. The fourth-order valence-corrected chi connectivity index (χ4v) is 9.50. The van der Waals surface area contributed by atoms with Crippen LogP contribution in [0.3, 0.4) is 0 Å². The van der Waals surface area contributed by atoms with Crippen LogP contribution in [0.1, 0.15) is 31.9 Å². The molecule has 3 saturated heterocycles. The highest BCUT2D eigenvalue weighted by Crippen LogP contribution is 2.69. The summed E-state index contributed by atoms with van der Waals surface area (Å²) in [4.78, 5) is 43.4. The number of anilines is 1. The predicted molar refractivity (Wildman–Crippen MR) is 151 cm³/mol. The molecule has 2 amide bonds. The van der Waals surface area contributed by atoms with Gasteiger partial charge in [0.15, 0.2) is 0 Å². The number of esters is 1. The number of hydrogen-bond donors (Lipinski definition) is 2. The summed E-state index contributed by atoms with van der Waals surface area (Å²) in [6.45, 7) is 3.72. The van der Waals surface area contributed by atoms with Crippen molar-refractivity contribution >= 4 is 46.0 Å². The van der Waals surface area contributed by atoms with Crippen LogP contribution in [0, 0.1) is 17.8 Å². The van der Waals surface area contributed by atoms with Crippen molar-refractivity contribution in [2.24, 2.45) is 17.8 Å². The summed E-state index contributed by atoms with van der Waals surface area (Å²) in [6.07, 6.45) is 0.723. The molecule has 3 aromatic carbocycles. The molecule has 0 aliphatic carbocycles. The van der Waals surface area contributed by atoms with Gasteiger partial charge in [-0.2, -0.15) is 0 Å². The van der Waals surface area contributed by atoms with Crippen molar-refractivity contribution in [3.8, 4) is 0 Å². The van der Waals surface area contributed by atoms with Gasteiger partial charge in [-0.1, -0.05) is 67.6 Å². The number of hydrogen-bond acceptors (Lipinski definition) is 6. The van der Waals surface area contributed by atoms with Gasteiger partial charge in [0.05, 0.1) is 35.8 Å². The molecule has 6 rings (SSSR count). The van der Waals surface area contributed by atoms with Crippen LogP contribution in [0.2, 0.25) is 0 Å². The highest BCUT2D eigenvalue weighted by Gasteiger charge is 2.77. The molecule has 2 bridgehead atoms. The highest BCUT2D eigenvalue weighted by molar-refractivity contribution is 8.02.